The van der Waals surface area contributed by atoms with Gasteiger partial charge in [-0.2, -0.15) is 0 Å². The van der Waals surface area contributed by atoms with Crippen LogP contribution >= 0.6 is 11.8 Å². The second-order valence-electron chi connectivity index (χ2n) is 6.30. The fraction of sp³-hybridized carbons (Fsp3) is 0.190. The van der Waals surface area contributed by atoms with Gasteiger partial charge in [0.05, 0.1) is 11.3 Å². The van der Waals surface area contributed by atoms with Gasteiger partial charge in [0.1, 0.15) is 0 Å². The third-order valence-corrected chi connectivity index (χ3v) is 5.30. The first-order valence-corrected chi connectivity index (χ1v) is 10.1. The Hall–Kier alpha value is -3.06. The van der Waals surface area contributed by atoms with E-state index in [1.54, 1.807) is 0 Å². The first-order chi connectivity index (χ1) is 13.7. The first-order valence-electron chi connectivity index (χ1n) is 9.09. The molecule has 6 nitrogen and oxygen atoms in total. The molecule has 0 fully saturated rings. The Bertz CT molecular complexity index is 1070. The molecule has 28 heavy (non-hydrogen) atoms. The summed E-state index contributed by atoms with van der Waals surface area (Å²) in [4.78, 5) is 17.6. The van der Waals surface area contributed by atoms with Crippen LogP contribution in [0.15, 0.2) is 70.4 Å². The van der Waals surface area contributed by atoms with E-state index in [0.717, 1.165) is 22.0 Å². The smallest absolute Gasteiger partial charge is 0.277 e. The van der Waals surface area contributed by atoms with Crippen LogP contribution in [-0.4, -0.2) is 38.3 Å². The molecular formula is C21H20N4O2S. The van der Waals surface area contributed by atoms with Gasteiger partial charge in [0.15, 0.2) is 0 Å². The predicted molar refractivity (Wildman–Crippen MR) is 110 cm³/mol. The molecule has 4 rings (SSSR count). The lowest BCUT2D eigenvalue weighted by atomic mass is 10.2. The number of para-hydroxylation sites is 1. The first kappa shape index (κ1) is 18.3. The molecule has 2 aromatic heterocycles. The number of hydrogen-bond donors (Lipinski definition) is 1. The van der Waals surface area contributed by atoms with Gasteiger partial charge in [0, 0.05) is 30.2 Å². The molecule has 4 aromatic rings. The summed E-state index contributed by atoms with van der Waals surface area (Å²) in [6.07, 6.45) is 1.86. The average Bonchev–Trinajstić information content (AvgIpc) is 3.37. The largest absolute Gasteiger partial charge is 0.411 e. The van der Waals surface area contributed by atoms with E-state index in [9.17, 15) is 4.79 Å². The van der Waals surface area contributed by atoms with Crippen LogP contribution in [0, 0.1) is 0 Å². The lowest BCUT2D eigenvalue weighted by Gasteiger charge is -2.20. The zero-order valence-electron chi connectivity index (χ0n) is 15.5. The van der Waals surface area contributed by atoms with Gasteiger partial charge >= 0.3 is 0 Å². The van der Waals surface area contributed by atoms with Crippen LogP contribution in [0.1, 0.15) is 12.5 Å². The second-order valence-corrected chi connectivity index (χ2v) is 7.23. The molecule has 0 saturated carbocycles. The number of aromatic nitrogens is 3. The van der Waals surface area contributed by atoms with Crippen LogP contribution in [0.5, 0.6) is 0 Å². The van der Waals surface area contributed by atoms with Crippen molar-refractivity contribution in [2.45, 2.75) is 18.7 Å². The summed E-state index contributed by atoms with van der Waals surface area (Å²) < 4.78 is 5.77. The molecule has 7 heteroatoms. The number of thioether (sulfide) groups is 1. The maximum absolute atomic E-state index is 12.6. The molecule has 0 aliphatic heterocycles. The minimum atomic E-state index is 0.0446. The van der Waals surface area contributed by atoms with Gasteiger partial charge in [0.25, 0.3) is 11.1 Å². The number of amides is 1. The summed E-state index contributed by atoms with van der Waals surface area (Å²) >= 11 is 1.26. The van der Waals surface area contributed by atoms with Gasteiger partial charge in [-0.25, -0.2) is 0 Å². The molecule has 1 amide bonds. The van der Waals surface area contributed by atoms with Gasteiger partial charge in [-0.3, -0.25) is 4.79 Å². The number of aromatic amines is 1. The van der Waals surface area contributed by atoms with E-state index in [0.29, 0.717) is 24.2 Å². The maximum atomic E-state index is 12.6. The number of benzene rings is 2. The molecule has 2 heterocycles. The van der Waals surface area contributed by atoms with Crippen molar-refractivity contribution in [3.8, 4) is 11.5 Å². The van der Waals surface area contributed by atoms with Crippen LogP contribution in [0.4, 0.5) is 0 Å². The Morgan fingerprint density at radius 1 is 1.11 bits per heavy atom. The van der Waals surface area contributed by atoms with Crippen LogP contribution in [-0.2, 0) is 11.3 Å². The van der Waals surface area contributed by atoms with E-state index in [2.05, 4.69) is 15.2 Å². The molecular weight excluding hydrogens is 372 g/mol. The van der Waals surface area contributed by atoms with Crippen molar-refractivity contribution < 1.29 is 9.21 Å². The third kappa shape index (κ3) is 3.94. The molecule has 0 radical (unpaired) electrons. The summed E-state index contributed by atoms with van der Waals surface area (Å²) in [7, 11) is 0. The SMILES string of the molecule is CCN(Cc1ccccc1)C(=O)CSc1nnc(-c2c[nH]c3ccccc23)o1. The highest BCUT2D eigenvalue weighted by molar-refractivity contribution is 7.99. The number of nitrogens with zero attached hydrogens (tertiary/aromatic N) is 3. The number of rotatable bonds is 7. The summed E-state index contributed by atoms with van der Waals surface area (Å²) in [6.45, 7) is 3.23. The predicted octanol–water partition coefficient (Wildman–Crippen LogP) is 4.36. The molecule has 1 N–H and O–H groups in total. The minimum absolute atomic E-state index is 0.0446. The van der Waals surface area contributed by atoms with Crippen LogP contribution in [0.2, 0.25) is 0 Å². The number of carbonyl (C=O) groups is 1. The second kappa shape index (κ2) is 8.31. The Morgan fingerprint density at radius 2 is 1.89 bits per heavy atom. The molecule has 0 aliphatic rings. The van der Waals surface area contributed by atoms with Crippen LogP contribution < -0.4 is 0 Å². The monoisotopic (exact) mass is 392 g/mol. The van der Waals surface area contributed by atoms with Crippen molar-refractivity contribution in [3.63, 3.8) is 0 Å². The Balaban J connectivity index is 1.40. The fourth-order valence-electron chi connectivity index (χ4n) is 3.02. The highest BCUT2D eigenvalue weighted by Crippen LogP contribution is 2.29. The highest BCUT2D eigenvalue weighted by Gasteiger charge is 2.17. The quantitative estimate of drug-likeness (QED) is 0.473. The van der Waals surface area contributed by atoms with Gasteiger partial charge in [-0.15, -0.1) is 10.2 Å². The highest BCUT2D eigenvalue weighted by atomic mass is 32.2. The standard InChI is InChI=1S/C21H20N4O2S/c1-2-25(13-15-8-4-3-5-9-15)19(26)14-28-21-24-23-20(27-21)17-12-22-18-11-7-6-10-16(17)18/h3-12,22H,2,13-14H2,1H3. The van der Waals surface area contributed by atoms with E-state index < -0.39 is 0 Å². The van der Waals surface area contributed by atoms with Crippen molar-refractivity contribution in [3.05, 3.63) is 66.4 Å². The van der Waals surface area contributed by atoms with Crippen molar-refractivity contribution in [2.24, 2.45) is 0 Å². The Labute approximate surface area is 167 Å². The lowest BCUT2D eigenvalue weighted by Crippen LogP contribution is -2.31. The van der Waals surface area contributed by atoms with Crippen molar-refractivity contribution in [2.75, 3.05) is 12.3 Å². The molecule has 0 atom stereocenters. The van der Waals surface area contributed by atoms with E-state index in [1.165, 1.54) is 11.8 Å². The number of fused-ring (bicyclic) bond motifs is 1. The number of H-pyrrole nitrogens is 1. The summed E-state index contributed by atoms with van der Waals surface area (Å²) in [5, 5.41) is 9.64. The van der Waals surface area contributed by atoms with E-state index in [4.69, 9.17) is 4.42 Å². The van der Waals surface area contributed by atoms with Gasteiger partial charge < -0.3 is 14.3 Å². The molecule has 0 saturated heterocycles. The van der Waals surface area contributed by atoms with Crippen molar-refractivity contribution >= 4 is 28.6 Å². The lowest BCUT2D eigenvalue weighted by molar-refractivity contribution is -0.128. The zero-order chi connectivity index (χ0) is 19.3. The van der Waals surface area contributed by atoms with Crippen LogP contribution in [0.3, 0.4) is 0 Å². The van der Waals surface area contributed by atoms with E-state index in [-0.39, 0.29) is 11.7 Å². The molecule has 2 aromatic carbocycles. The number of hydrogen-bond acceptors (Lipinski definition) is 5. The molecule has 0 unspecified atom stereocenters. The van der Waals surface area contributed by atoms with E-state index >= 15 is 0 Å². The fourth-order valence-corrected chi connectivity index (χ4v) is 3.69. The Morgan fingerprint density at radius 3 is 2.71 bits per heavy atom. The molecule has 0 bridgehead atoms. The maximum Gasteiger partial charge on any atom is 0.277 e. The molecule has 142 valence electrons. The van der Waals surface area contributed by atoms with E-state index in [1.807, 2.05) is 72.6 Å². The van der Waals surface area contributed by atoms with Gasteiger partial charge in [-0.05, 0) is 18.6 Å². The van der Waals surface area contributed by atoms with Gasteiger partial charge in [-0.1, -0.05) is 60.3 Å². The molecule has 0 aliphatic carbocycles. The minimum Gasteiger partial charge on any atom is -0.411 e. The summed E-state index contributed by atoms with van der Waals surface area (Å²) in [5.74, 6) is 0.753. The van der Waals surface area contributed by atoms with Crippen molar-refractivity contribution in [1.82, 2.24) is 20.1 Å². The Kier molecular flexibility index (Phi) is 5.43. The zero-order valence-corrected chi connectivity index (χ0v) is 16.3. The number of carbonyl (C=O) groups excluding carboxylic acids is 1. The topological polar surface area (TPSA) is 75.0 Å². The van der Waals surface area contributed by atoms with Crippen molar-refractivity contribution in [1.29, 1.82) is 0 Å². The third-order valence-electron chi connectivity index (χ3n) is 4.50. The average molecular weight is 392 g/mol. The summed E-state index contributed by atoms with van der Waals surface area (Å²) in [6, 6.07) is 17.9. The molecule has 0 spiro atoms. The number of nitrogens with one attached hydrogen (secondary N) is 1. The summed E-state index contributed by atoms with van der Waals surface area (Å²) in [5.41, 5.74) is 2.99. The van der Waals surface area contributed by atoms with Crippen LogP contribution in [0.25, 0.3) is 22.4 Å². The van der Waals surface area contributed by atoms with Gasteiger partial charge in [0.2, 0.25) is 5.91 Å². The normalized spacial score (nSPS) is 11.0.